The predicted molar refractivity (Wildman–Crippen MR) is 71.4 cm³/mol. The molecular formula is C14H15NOS. The lowest BCUT2D eigenvalue weighted by Gasteiger charge is -2.14. The molecule has 0 aliphatic heterocycles. The van der Waals surface area contributed by atoms with E-state index in [4.69, 9.17) is 0 Å². The molecule has 88 valence electrons. The zero-order valence-electron chi connectivity index (χ0n) is 9.94. The van der Waals surface area contributed by atoms with E-state index < -0.39 is 0 Å². The highest BCUT2D eigenvalue weighted by Gasteiger charge is 2.11. The zero-order valence-corrected chi connectivity index (χ0v) is 10.8. The van der Waals surface area contributed by atoms with Crippen molar-refractivity contribution in [1.29, 1.82) is 0 Å². The molecule has 2 rings (SSSR count). The van der Waals surface area contributed by atoms with Crippen molar-refractivity contribution in [2.75, 3.05) is 0 Å². The monoisotopic (exact) mass is 245 g/mol. The second kappa shape index (κ2) is 5.15. The van der Waals surface area contributed by atoms with Crippen LogP contribution in [-0.4, -0.2) is 5.91 Å². The molecule has 1 aromatic carbocycles. The molecule has 1 atom stereocenters. The van der Waals surface area contributed by atoms with Gasteiger partial charge in [0.05, 0.1) is 11.6 Å². The Morgan fingerprint density at radius 1 is 1.24 bits per heavy atom. The number of rotatable bonds is 3. The van der Waals surface area contributed by atoms with Crippen molar-refractivity contribution in [3.8, 4) is 0 Å². The quantitative estimate of drug-likeness (QED) is 0.880. The Hall–Kier alpha value is -1.61. The maximum absolute atomic E-state index is 11.9. The van der Waals surface area contributed by atoms with Gasteiger partial charge in [-0.3, -0.25) is 4.79 Å². The van der Waals surface area contributed by atoms with Gasteiger partial charge in [-0.1, -0.05) is 29.8 Å². The van der Waals surface area contributed by atoms with E-state index in [0.717, 1.165) is 11.1 Å². The number of nitrogens with one attached hydrogen (secondary N) is 1. The fourth-order valence-electron chi connectivity index (χ4n) is 1.61. The number of carbonyl (C=O) groups is 1. The number of hydrogen-bond donors (Lipinski definition) is 1. The summed E-state index contributed by atoms with van der Waals surface area (Å²) in [4.78, 5) is 11.9. The highest BCUT2D eigenvalue weighted by atomic mass is 32.1. The van der Waals surface area contributed by atoms with E-state index in [-0.39, 0.29) is 11.9 Å². The number of amides is 1. The summed E-state index contributed by atoms with van der Waals surface area (Å²) in [5, 5.41) is 6.75. The predicted octanol–water partition coefficient (Wildman–Crippen LogP) is 3.55. The van der Waals surface area contributed by atoms with Gasteiger partial charge >= 0.3 is 0 Å². The molecular weight excluding hydrogens is 230 g/mol. The van der Waals surface area contributed by atoms with Crippen LogP contribution in [-0.2, 0) is 0 Å². The van der Waals surface area contributed by atoms with Crippen LogP contribution in [0.3, 0.4) is 0 Å². The molecule has 3 heteroatoms. The zero-order chi connectivity index (χ0) is 12.3. The summed E-state index contributed by atoms with van der Waals surface area (Å²) in [6.07, 6.45) is 0. The SMILES string of the molecule is Cc1ccc([C@@H](C)NC(=O)c2ccsc2)cc1. The summed E-state index contributed by atoms with van der Waals surface area (Å²) < 4.78 is 0. The van der Waals surface area contributed by atoms with E-state index in [9.17, 15) is 4.79 Å². The topological polar surface area (TPSA) is 29.1 Å². The lowest BCUT2D eigenvalue weighted by molar-refractivity contribution is 0.0940. The first-order valence-electron chi connectivity index (χ1n) is 5.56. The van der Waals surface area contributed by atoms with Gasteiger partial charge in [-0.05, 0) is 30.9 Å². The van der Waals surface area contributed by atoms with Crippen LogP contribution in [0.15, 0.2) is 41.1 Å². The third-order valence-electron chi connectivity index (χ3n) is 2.71. The van der Waals surface area contributed by atoms with Crippen molar-refractivity contribution in [3.05, 3.63) is 57.8 Å². The van der Waals surface area contributed by atoms with Gasteiger partial charge in [0.15, 0.2) is 0 Å². The van der Waals surface area contributed by atoms with Gasteiger partial charge in [-0.15, -0.1) is 0 Å². The van der Waals surface area contributed by atoms with Crippen LogP contribution in [0.4, 0.5) is 0 Å². The minimum Gasteiger partial charge on any atom is -0.345 e. The van der Waals surface area contributed by atoms with Crippen molar-refractivity contribution in [3.63, 3.8) is 0 Å². The van der Waals surface area contributed by atoms with Crippen molar-refractivity contribution in [1.82, 2.24) is 5.32 Å². The Kier molecular flexibility index (Phi) is 3.59. The van der Waals surface area contributed by atoms with E-state index in [1.54, 1.807) is 0 Å². The van der Waals surface area contributed by atoms with Gasteiger partial charge in [-0.2, -0.15) is 11.3 Å². The van der Waals surface area contributed by atoms with E-state index in [2.05, 4.69) is 24.4 Å². The lowest BCUT2D eigenvalue weighted by Crippen LogP contribution is -2.26. The number of hydrogen-bond acceptors (Lipinski definition) is 2. The molecule has 0 spiro atoms. The van der Waals surface area contributed by atoms with Crippen molar-refractivity contribution in [2.24, 2.45) is 0 Å². The van der Waals surface area contributed by atoms with Gasteiger partial charge < -0.3 is 5.32 Å². The van der Waals surface area contributed by atoms with Gasteiger partial charge in [0, 0.05) is 5.38 Å². The van der Waals surface area contributed by atoms with Crippen LogP contribution in [0.2, 0.25) is 0 Å². The number of thiophene rings is 1. The Morgan fingerprint density at radius 3 is 2.53 bits per heavy atom. The average molecular weight is 245 g/mol. The largest absolute Gasteiger partial charge is 0.345 e. The molecule has 1 heterocycles. The van der Waals surface area contributed by atoms with Gasteiger partial charge in [0.1, 0.15) is 0 Å². The molecule has 0 saturated heterocycles. The number of carbonyl (C=O) groups excluding carboxylic acids is 1. The molecule has 17 heavy (non-hydrogen) atoms. The van der Waals surface area contributed by atoms with E-state index in [0.29, 0.717) is 0 Å². The molecule has 1 amide bonds. The highest BCUT2D eigenvalue weighted by Crippen LogP contribution is 2.14. The van der Waals surface area contributed by atoms with E-state index in [1.807, 2.05) is 35.9 Å². The molecule has 0 saturated carbocycles. The number of aryl methyl sites for hydroxylation is 1. The van der Waals surface area contributed by atoms with Crippen LogP contribution >= 0.6 is 11.3 Å². The fraction of sp³-hybridized carbons (Fsp3) is 0.214. The van der Waals surface area contributed by atoms with Crippen molar-refractivity contribution >= 4 is 17.2 Å². The summed E-state index contributed by atoms with van der Waals surface area (Å²) in [5.74, 6) is -0.0145. The molecule has 0 bridgehead atoms. The molecule has 0 aliphatic rings. The highest BCUT2D eigenvalue weighted by molar-refractivity contribution is 7.08. The molecule has 0 unspecified atom stereocenters. The van der Waals surface area contributed by atoms with Crippen LogP contribution in [0, 0.1) is 6.92 Å². The van der Waals surface area contributed by atoms with Crippen LogP contribution in [0.1, 0.15) is 34.5 Å². The summed E-state index contributed by atoms with van der Waals surface area (Å²) in [6.45, 7) is 4.05. The molecule has 0 radical (unpaired) electrons. The van der Waals surface area contributed by atoms with Crippen LogP contribution in [0.25, 0.3) is 0 Å². The normalized spacial score (nSPS) is 12.1. The standard InChI is InChI=1S/C14H15NOS/c1-10-3-5-12(6-4-10)11(2)15-14(16)13-7-8-17-9-13/h3-9,11H,1-2H3,(H,15,16)/t11-/m1/s1. The Balaban J connectivity index is 2.04. The molecule has 1 aromatic heterocycles. The smallest absolute Gasteiger partial charge is 0.252 e. The second-order valence-electron chi connectivity index (χ2n) is 4.12. The molecule has 0 fully saturated rings. The maximum Gasteiger partial charge on any atom is 0.252 e. The lowest BCUT2D eigenvalue weighted by atomic mass is 10.1. The average Bonchev–Trinajstić information content (AvgIpc) is 2.83. The third kappa shape index (κ3) is 2.94. The molecule has 0 aliphatic carbocycles. The Labute approximate surface area is 105 Å². The van der Waals surface area contributed by atoms with E-state index >= 15 is 0 Å². The van der Waals surface area contributed by atoms with Gasteiger partial charge in [0.2, 0.25) is 0 Å². The Bertz CT molecular complexity index is 487. The molecule has 1 N–H and O–H groups in total. The third-order valence-corrected chi connectivity index (χ3v) is 3.39. The summed E-state index contributed by atoms with van der Waals surface area (Å²) in [6, 6.07) is 10.1. The van der Waals surface area contributed by atoms with Crippen LogP contribution < -0.4 is 5.32 Å². The summed E-state index contributed by atoms with van der Waals surface area (Å²) >= 11 is 1.53. The molecule has 2 aromatic rings. The first-order chi connectivity index (χ1) is 8.16. The minimum atomic E-state index is -0.0145. The van der Waals surface area contributed by atoms with Gasteiger partial charge in [0.25, 0.3) is 5.91 Å². The first kappa shape index (κ1) is 11.9. The Morgan fingerprint density at radius 2 is 1.94 bits per heavy atom. The minimum absolute atomic E-state index is 0.0145. The number of benzene rings is 1. The molecule has 2 nitrogen and oxygen atoms in total. The first-order valence-corrected chi connectivity index (χ1v) is 6.51. The van der Waals surface area contributed by atoms with Gasteiger partial charge in [-0.25, -0.2) is 0 Å². The fourth-order valence-corrected chi connectivity index (χ4v) is 2.25. The van der Waals surface area contributed by atoms with Crippen LogP contribution in [0.5, 0.6) is 0 Å². The summed E-state index contributed by atoms with van der Waals surface area (Å²) in [5.41, 5.74) is 3.08. The van der Waals surface area contributed by atoms with Crippen molar-refractivity contribution in [2.45, 2.75) is 19.9 Å². The second-order valence-corrected chi connectivity index (χ2v) is 4.90. The maximum atomic E-state index is 11.9. The summed E-state index contributed by atoms with van der Waals surface area (Å²) in [7, 11) is 0. The van der Waals surface area contributed by atoms with Crippen molar-refractivity contribution < 1.29 is 4.79 Å². The van der Waals surface area contributed by atoms with E-state index in [1.165, 1.54) is 16.9 Å².